The minimum absolute atomic E-state index is 0.206. The van der Waals surface area contributed by atoms with Crippen molar-refractivity contribution in [2.24, 2.45) is 5.41 Å². The molecule has 100 valence electrons. The molecular formula is C16H18ClNO. The zero-order valence-corrected chi connectivity index (χ0v) is 11.8. The van der Waals surface area contributed by atoms with Crippen LogP contribution in [0.4, 0.5) is 0 Å². The Morgan fingerprint density at radius 1 is 1.26 bits per heavy atom. The molecule has 0 N–H and O–H groups in total. The van der Waals surface area contributed by atoms with E-state index in [4.69, 9.17) is 16.3 Å². The molecule has 0 saturated heterocycles. The molecule has 1 aliphatic heterocycles. The molecule has 2 aliphatic rings. The van der Waals surface area contributed by atoms with Crippen LogP contribution in [0.25, 0.3) is 0 Å². The van der Waals surface area contributed by atoms with Crippen LogP contribution in [0.1, 0.15) is 43.2 Å². The molecule has 0 radical (unpaired) electrons. The first kappa shape index (κ1) is 12.8. The Balaban J connectivity index is 1.93. The minimum atomic E-state index is -0.206. The van der Waals surface area contributed by atoms with Gasteiger partial charge in [-0.15, -0.1) is 0 Å². The van der Waals surface area contributed by atoms with E-state index in [2.05, 4.69) is 6.07 Å². The standard InChI is InChI=1S/C16H18ClNO/c17-14-8-12-4-7-19-15(12)13(9-14)10-16(11-18)5-2-1-3-6-16/h8-9H,1-7,10H2. The van der Waals surface area contributed by atoms with Crippen LogP contribution in [-0.2, 0) is 12.8 Å². The largest absolute Gasteiger partial charge is 0.493 e. The lowest BCUT2D eigenvalue weighted by molar-refractivity contribution is 0.261. The molecule has 0 aromatic heterocycles. The number of hydrogen-bond donors (Lipinski definition) is 0. The van der Waals surface area contributed by atoms with Gasteiger partial charge in [0.05, 0.1) is 18.1 Å². The van der Waals surface area contributed by atoms with Gasteiger partial charge in [0.2, 0.25) is 0 Å². The highest BCUT2D eigenvalue weighted by Gasteiger charge is 2.34. The molecular weight excluding hydrogens is 258 g/mol. The van der Waals surface area contributed by atoms with Gasteiger partial charge in [0.15, 0.2) is 0 Å². The summed E-state index contributed by atoms with van der Waals surface area (Å²) in [5.41, 5.74) is 2.12. The Hall–Kier alpha value is -1.20. The van der Waals surface area contributed by atoms with E-state index in [1.54, 1.807) is 0 Å². The number of fused-ring (bicyclic) bond motifs is 1. The van der Waals surface area contributed by atoms with Crippen molar-refractivity contribution in [2.45, 2.75) is 44.9 Å². The van der Waals surface area contributed by atoms with Crippen molar-refractivity contribution in [3.05, 3.63) is 28.3 Å². The van der Waals surface area contributed by atoms with E-state index in [9.17, 15) is 5.26 Å². The fourth-order valence-corrected chi connectivity index (χ4v) is 3.66. The number of ether oxygens (including phenoxy) is 1. The summed E-state index contributed by atoms with van der Waals surface area (Å²) < 4.78 is 5.75. The number of benzene rings is 1. The molecule has 1 aromatic rings. The highest BCUT2D eigenvalue weighted by atomic mass is 35.5. The molecule has 1 saturated carbocycles. The second-order valence-corrected chi connectivity index (χ2v) is 6.22. The van der Waals surface area contributed by atoms with Crippen LogP contribution in [0.15, 0.2) is 12.1 Å². The predicted molar refractivity (Wildman–Crippen MR) is 75.5 cm³/mol. The van der Waals surface area contributed by atoms with Crippen LogP contribution in [0, 0.1) is 16.7 Å². The van der Waals surface area contributed by atoms with Gasteiger partial charge in [0.1, 0.15) is 5.75 Å². The maximum absolute atomic E-state index is 9.60. The Morgan fingerprint density at radius 3 is 2.79 bits per heavy atom. The van der Waals surface area contributed by atoms with Gasteiger partial charge in [0, 0.05) is 11.4 Å². The average molecular weight is 276 g/mol. The van der Waals surface area contributed by atoms with E-state index >= 15 is 0 Å². The highest BCUT2D eigenvalue weighted by molar-refractivity contribution is 6.30. The maximum Gasteiger partial charge on any atom is 0.125 e. The molecule has 0 bridgehead atoms. The minimum Gasteiger partial charge on any atom is -0.493 e. The topological polar surface area (TPSA) is 33.0 Å². The van der Waals surface area contributed by atoms with Crippen molar-refractivity contribution < 1.29 is 4.74 Å². The Kier molecular flexibility index (Phi) is 3.41. The monoisotopic (exact) mass is 275 g/mol. The number of halogens is 1. The van der Waals surface area contributed by atoms with Crippen molar-refractivity contribution in [3.63, 3.8) is 0 Å². The summed E-state index contributed by atoms with van der Waals surface area (Å²) in [6.45, 7) is 0.738. The number of nitriles is 1. The SMILES string of the molecule is N#CC1(Cc2cc(Cl)cc3c2OCC3)CCCCC1. The third-order valence-corrected chi connectivity index (χ3v) is 4.62. The van der Waals surface area contributed by atoms with Gasteiger partial charge in [-0.3, -0.25) is 0 Å². The molecule has 0 spiro atoms. The molecule has 0 atom stereocenters. The van der Waals surface area contributed by atoms with Crippen molar-refractivity contribution in [1.29, 1.82) is 5.26 Å². The molecule has 1 fully saturated rings. The van der Waals surface area contributed by atoms with Gasteiger partial charge in [-0.2, -0.15) is 5.26 Å². The van der Waals surface area contributed by atoms with Crippen LogP contribution >= 0.6 is 11.6 Å². The molecule has 1 heterocycles. The number of hydrogen-bond acceptors (Lipinski definition) is 2. The first-order chi connectivity index (χ1) is 9.22. The molecule has 19 heavy (non-hydrogen) atoms. The van der Waals surface area contributed by atoms with Gasteiger partial charge >= 0.3 is 0 Å². The second-order valence-electron chi connectivity index (χ2n) is 5.78. The van der Waals surface area contributed by atoms with Crippen molar-refractivity contribution in [3.8, 4) is 11.8 Å². The molecule has 3 heteroatoms. The van der Waals surface area contributed by atoms with E-state index in [1.807, 2.05) is 12.1 Å². The second kappa shape index (κ2) is 5.06. The Morgan fingerprint density at radius 2 is 2.05 bits per heavy atom. The van der Waals surface area contributed by atoms with Crippen molar-refractivity contribution >= 4 is 11.6 Å². The smallest absolute Gasteiger partial charge is 0.125 e. The normalized spacial score (nSPS) is 20.4. The van der Waals surface area contributed by atoms with Gasteiger partial charge in [-0.05, 0) is 42.5 Å². The molecule has 1 aliphatic carbocycles. The lowest BCUT2D eigenvalue weighted by Gasteiger charge is -2.31. The van der Waals surface area contributed by atoms with Gasteiger partial charge < -0.3 is 4.74 Å². The summed E-state index contributed by atoms with van der Waals surface area (Å²) in [4.78, 5) is 0. The molecule has 0 amide bonds. The van der Waals surface area contributed by atoms with E-state index < -0.39 is 0 Å². The van der Waals surface area contributed by atoms with Crippen LogP contribution < -0.4 is 4.74 Å². The average Bonchev–Trinajstić information content (AvgIpc) is 2.88. The Labute approximate surface area is 119 Å². The highest BCUT2D eigenvalue weighted by Crippen LogP contribution is 2.42. The Bertz CT molecular complexity index is 526. The third-order valence-electron chi connectivity index (χ3n) is 4.40. The summed E-state index contributed by atoms with van der Waals surface area (Å²) in [5.74, 6) is 0.990. The summed E-state index contributed by atoms with van der Waals surface area (Å²) >= 11 is 6.20. The summed E-state index contributed by atoms with van der Waals surface area (Å²) in [6.07, 6.45) is 7.31. The molecule has 1 aromatic carbocycles. The number of nitrogens with zero attached hydrogens (tertiary/aromatic N) is 1. The predicted octanol–water partition coefficient (Wildman–Crippen LogP) is 4.29. The van der Waals surface area contributed by atoms with Crippen molar-refractivity contribution in [2.75, 3.05) is 6.61 Å². The lowest BCUT2D eigenvalue weighted by Crippen LogP contribution is -2.25. The maximum atomic E-state index is 9.60. The fraction of sp³-hybridized carbons (Fsp3) is 0.562. The zero-order chi connectivity index (χ0) is 13.3. The summed E-state index contributed by atoms with van der Waals surface area (Å²) in [5, 5.41) is 10.4. The van der Waals surface area contributed by atoms with E-state index in [-0.39, 0.29) is 5.41 Å². The van der Waals surface area contributed by atoms with Crippen LogP contribution in [0.5, 0.6) is 5.75 Å². The summed E-state index contributed by atoms with van der Waals surface area (Å²) in [6, 6.07) is 6.56. The van der Waals surface area contributed by atoms with Crippen molar-refractivity contribution in [1.82, 2.24) is 0 Å². The van der Waals surface area contributed by atoms with Gasteiger partial charge in [-0.1, -0.05) is 30.9 Å². The molecule has 0 unspecified atom stereocenters. The van der Waals surface area contributed by atoms with E-state index in [0.717, 1.165) is 61.5 Å². The summed E-state index contributed by atoms with van der Waals surface area (Å²) in [7, 11) is 0. The van der Waals surface area contributed by atoms with E-state index in [1.165, 1.54) is 12.0 Å². The quantitative estimate of drug-likeness (QED) is 0.806. The van der Waals surface area contributed by atoms with Crippen LogP contribution in [-0.4, -0.2) is 6.61 Å². The zero-order valence-electron chi connectivity index (χ0n) is 11.0. The van der Waals surface area contributed by atoms with E-state index in [0.29, 0.717) is 0 Å². The fourth-order valence-electron chi connectivity index (χ4n) is 3.40. The van der Waals surface area contributed by atoms with Gasteiger partial charge in [0.25, 0.3) is 0 Å². The van der Waals surface area contributed by atoms with Crippen LogP contribution in [0.3, 0.4) is 0 Å². The van der Waals surface area contributed by atoms with Gasteiger partial charge in [-0.25, -0.2) is 0 Å². The first-order valence-electron chi connectivity index (χ1n) is 7.08. The molecule has 2 nitrogen and oxygen atoms in total. The molecule has 3 rings (SSSR count). The first-order valence-corrected chi connectivity index (χ1v) is 7.46. The third kappa shape index (κ3) is 2.44. The number of rotatable bonds is 2. The lowest BCUT2D eigenvalue weighted by atomic mass is 9.71. The van der Waals surface area contributed by atoms with Crippen LogP contribution in [0.2, 0.25) is 5.02 Å².